The van der Waals surface area contributed by atoms with Gasteiger partial charge in [0.05, 0.1) is 0 Å². The molecule has 4 nitrogen and oxygen atoms in total. The Labute approximate surface area is 83.5 Å². The van der Waals surface area contributed by atoms with Gasteiger partial charge in [-0.3, -0.25) is 5.43 Å². The van der Waals surface area contributed by atoms with Crippen molar-refractivity contribution < 1.29 is 35.5 Å². The van der Waals surface area contributed by atoms with Crippen molar-refractivity contribution in [1.29, 1.82) is 0 Å². The Bertz CT molecular complexity index is 111. The molecule has 0 saturated carbocycles. The quantitative estimate of drug-likeness (QED) is 0.179. The topological polar surface area (TPSA) is 67.2 Å². The van der Waals surface area contributed by atoms with E-state index in [9.17, 15) is 4.57 Å². The standard InChI is InChI=1S/C2H6N3OPS.Na.H/c1-7(6)5-4-2(3)8;;/h1H3,(H3-,3,4,5,6,8);;/q;+1;-1/p+1. The predicted molar refractivity (Wildman–Crippen MR) is 37.7 cm³/mol. The van der Waals surface area contributed by atoms with Crippen LogP contribution in [-0.2, 0) is 4.57 Å². The van der Waals surface area contributed by atoms with Crippen molar-refractivity contribution in [3.8, 4) is 0 Å². The third kappa shape index (κ3) is 12.1. The Kier molecular flexibility index (Phi) is 9.48. The maximum Gasteiger partial charge on any atom is 1.00 e. The van der Waals surface area contributed by atoms with E-state index >= 15 is 0 Å². The fraction of sp³-hybridized carbons (Fsp3) is 0.500. The second kappa shape index (κ2) is 6.86. The average Bonchev–Trinajstić information content (AvgIpc) is 1.61. The van der Waals surface area contributed by atoms with Crippen molar-refractivity contribution in [2.45, 2.75) is 0 Å². The van der Waals surface area contributed by atoms with Crippen LogP contribution in [0.15, 0.2) is 0 Å². The minimum Gasteiger partial charge on any atom is -1.00 e. The number of thiocarbonyl (C=S) groups is 1. The number of hydrazine groups is 1. The summed E-state index contributed by atoms with van der Waals surface area (Å²) < 4.78 is 10.2. The smallest absolute Gasteiger partial charge is 1.00 e. The summed E-state index contributed by atoms with van der Waals surface area (Å²) in [6.45, 7) is 1.50. The van der Waals surface area contributed by atoms with E-state index in [4.69, 9.17) is 5.73 Å². The molecule has 0 rings (SSSR count). The average molecular weight is 176 g/mol. The zero-order valence-corrected chi connectivity index (χ0v) is 9.05. The maximum atomic E-state index is 10.2. The van der Waals surface area contributed by atoms with E-state index in [0.717, 1.165) is 0 Å². The van der Waals surface area contributed by atoms with Crippen LogP contribution in [0.3, 0.4) is 0 Å². The van der Waals surface area contributed by atoms with E-state index in [-0.39, 0.29) is 36.1 Å². The van der Waals surface area contributed by atoms with E-state index in [1.54, 1.807) is 0 Å². The van der Waals surface area contributed by atoms with Crippen molar-refractivity contribution in [3.05, 3.63) is 0 Å². The van der Waals surface area contributed by atoms with Gasteiger partial charge in [-0.05, 0) is 22.0 Å². The van der Waals surface area contributed by atoms with E-state index in [1.807, 2.05) is 0 Å². The normalized spacial score (nSPS) is 9.22. The first-order valence-corrected chi connectivity index (χ1v) is 3.96. The molecule has 0 saturated heterocycles. The Hall–Kier alpha value is 0.750. The van der Waals surface area contributed by atoms with Crippen LogP contribution in [0.25, 0.3) is 0 Å². The molecule has 1 unspecified atom stereocenters. The van der Waals surface area contributed by atoms with Gasteiger partial charge in [0.2, 0.25) is 0 Å². The fourth-order valence-corrected chi connectivity index (χ4v) is 0.538. The summed E-state index contributed by atoms with van der Waals surface area (Å²) in [6, 6.07) is 0. The van der Waals surface area contributed by atoms with Crippen molar-refractivity contribution in [3.63, 3.8) is 0 Å². The number of hydrogen-bond donors (Lipinski definition) is 3. The number of rotatable bonds is 2. The molecule has 1 atom stereocenters. The molecule has 0 fully saturated rings. The van der Waals surface area contributed by atoms with Crippen LogP contribution >= 0.6 is 20.2 Å². The summed E-state index contributed by atoms with van der Waals surface area (Å²) in [5.74, 6) is 0. The first kappa shape index (κ1) is 12.4. The van der Waals surface area contributed by atoms with Crippen LogP contribution in [0.1, 0.15) is 1.43 Å². The molecule has 4 N–H and O–H groups in total. The van der Waals surface area contributed by atoms with Crippen molar-refractivity contribution in [2.24, 2.45) is 5.73 Å². The van der Waals surface area contributed by atoms with Crippen LogP contribution in [-0.4, -0.2) is 11.8 Å². The molecule has 0 bridgehead atoms. The Balaban J connectivity index is -0.000000245. The molecular weight excluding hydrogens is 168 g/mol. The minimum atomic E-state index is -1.41. The molecule has 0 aromatic rings. The molecule has 0 aliphatic carbocycles. The van der Waals surface area contributed by atoms with Crippen LogP contribution in [0.5, 0.6) is 0 Å². The molecule has 9 heavy (non-hydrogen) atoms. The fourth-order valence-electron chi connectivity index (χ4n) is 0.134. The largest absolute Gasteiger partial charge is 1.00 e. The van der Waals surface area contributed by atoms with E-state index in [1.165, 1.54) is 6.66 Å². The van der Waals surface area contributed by atoms with Crippen molar-refractivity contribution in [2.75, 3.05) is 6.66 Å². The Morgan fingerprint density at radius 2 is 2.33 bits per heavy atom. The van der Waals surface area contributed by atoms with Gasteiger partial charge in [-0.1, -0.05) is 0 Å². The first-order valence-electron chi connectivity index (χ1n) is 1.85. The third-order valence-corrected chi connectivity index (χ3v) is 0.865. The van der Waals surface area contributed by atoms with Gasteiger partial charge < -0.3 is 7.16 Å². The number of nitrogens with one attached hydrogen (secondary N) is 2. The summed E-state index contributed by atoms with van der Waals surface area (Å²) in [5.41, 5.74) is 7.29. The molecule has 0 amide bonds. The minimum absolute atomic E-state index is 0. The molecular formula is C2H8N3NaOPS+. The van der Waals surface area contributed by atoms with Gasteiger partial charge in [-0.25, -0.2) is 0 Å². The monoisotopic (exact) mass is 176 g/mol. The zero-order chi connectivity index (χ0) is 6.57. The number of nitrogens with two attached hydrogens (primary N) is 1. The van der Waals surface area contributed by atoms with E-state index < -0.39 is 7.95 Å². The van der Waals surface area contributed by atoms with Gasteiger partial charge in [0.25, 0.3) is 0 Å². The summed E-state index contributed by atoms with van der Waals surface area (Å²) in [4.78, 5) is 0. The molecule has 0 aliphatic rings. The zero-order valence-electron chi connectivity index (χ0n) is 6.34. The number of hydrogen-bond acceptors (Lipinski definition) is 2. The SMILES string of the molecule is C[P+](=O)NNC(N)=S.[H-].[Na+]. The molecule has 0 aromatic heterocycles. The summed E-state index contributed by atoms with van der Waals surface area (Å²) >= 11 is 4.39. The van der Waals surface area contributed by atoms with Crippen LogP contribution in [0, 0.1) is 0 Å². The summed E-state index contributed by atoms with van der Waals surface area (Å²) in [5, 5.41) is 2.43. The van der Waals surface area contributed by atoms with Crippen molar-refractivity contribution >= 4 is 25.3 Å². The molecule has 0 spiro atoms. The molecule has 0 radical (unpaired) electrons. The second-order valence-electron chi connectivity index (χ2n) is 1.10. The molecule has 48 valence electrons. The van der Waals surface area contributed by atoms with Crippen LogP contribution in [0.2, 0.25) is 0 Å². The Morgan fingerprint density at radius 1 is 1.89 bits per heavy atom. The molecule has 0 heterocycles. The summed E-state index contributed by atoms with van der Waals surface area (Å²) in [6.07, 6.45) is 0. The second-order valence-corrected chi connectivity index (χ2v) is 2.76. The molecule has 0 aromatic carbocycles. The first-order chi connectivity index (χ1) is 3.63. The van der Waals surface area contributed by atoms with Gasteiger partial charge in [0, 0.05) is 0 Å². The predicted octanol–water partition coefficient (Wildman–Crippen LogP) is -3.19. The molecule has 0 aliphatic heterocycles. The maximum absolute atomic E-state index is 10.2. The van der Waals surface area contributed by atoms with E-state index in [2.05, 4.69) is 22.8 Å². The van der Waals surface area contributed by atoms with Gasteiger partial charge in [0.15, 0.2) is 11.8 Å². The van der Waals surface area contributed by atoms with Gasteiger partial charge >= 0.3 is 37.5 Å². The van der Waals surface area contributed by atoms with Gasteiger partial charge in [0.1, 0.15) is 0 Å². The third-order valence-electron chi connectivity index (χ3n) is 0.337. The van der Waals surface area contributed by atoms with E-state index in [0.29, 0.717) is 0 Å². The molecule has 7 heteroatoms. The Morgan fingerprint density at radius 3 is 2.44 bits per heavy atom. The summed E-state index contributed by atoms with van der Waals surface area (Å²) in [7, 11) is -1.41. The van der Waals surface area contributed by atoms with Gasteiger partial charge in [-0.15, -0.1) is 0 Å². The van der Waals surface area contributed by atoms with Crippen molar-refractivity contribution in [1.82, 2.24) is 10.6 Å². The van der Waals surface area contributed by atoms with Crippen LogP contribution in [0.4, 0.5) is 0 Å². The van der Waals surface area contributed by atoms with Crippen LogP contribution < -0.4 is 45.9 Å². The van der Waals surface area contributed by atoms with Gasteiger partial charge in [-0.2, -0.15) is 0 Å².